The van der Waals surface area contributed by atoms with Crippen molar-refractivity contribution in [1.29, 1.82) is 0 Å². The van der Waals surface area contributed by atoms with Crippen LogP contribution < -0.4 is 0 Å². The van der Waals surface area contributed by atoms with Crippen molar-refractivity contribution < 1.29 is 4.21 Å². The van der Waals surface area contributed by atoms with Crippen LogP contribution in [0.2, 0.25) is 0 Å². The zero-order valence-corrected chi connectivity index (χ0v) is 12.0. The zero-order chi connectivity index (χ0) is 12.5. The third kappa shape index (κ3) is 3.38. The maximum atomic E-state index is 11.8. The first-order chi connectivity index (χ1) is 7.97. The minimum absolute atomic E-state index is 0.231. The molecule has 3 aliphatic heterocycles. The zero-order valence-electron chi connectivity index (χ0n) is 11.2. The standard InChI is InChI=1S/C13H24N2OS/c1-13(2,3)17(16)14-7-4-12-10-15-8-5-11(12)6-9-15/h7,11-12H,4-6,8-10H2,1-3H3/t12-,17?/m1/s1. The van der Waals surface area contributed by atoms with E-state index in [2.05, 4.69) is 9.30 Å². The van der Waals surface area contributed by atoms with Crippen LogP contribution in [0.25, 0.3) is 0 Å². The van der Waals surface area contributed by atoms with E-state index in [1.165, 1.54) is 32.5 Å². The lowest BCUT2D eigenvalue weighted by atomic mass is 9.78. The molecule has 0 aliphatic carbocycles. The molecule has 98 valence electrons. The number of hydrogen-bond donors (Lipinski definition) is 0. The maximum absolute atomic E-state index is 11.8. The molecule has 0 saturated carbocycles. The largest absolute Gasteiger partial charge is 0.303 e. The second-order valence-corrected chi connectivity index (χ2v) is 8.22. The van der Waals surface area contributed by atoms with E-state index >= 15 is 0 Å². The van der Waals surface area contributed by atoms with Gasteiger partial charge in [0, 0.05) is 12.8 Å². The van der Waals surface area contributed by atoms with Crippen molar-refractivity contribution in [3.05, 3.63) is 0 Å². The van der Waals surface area contributed by atoms with Crippen LogP contribution in [0.3, 0.4) is 0 Å². The lowest BCUT2D eigenvalue weighted by Gasteiger charge is -2.44. The molecule has 3 nitrogen and oxygen atoms in total. The molecule has 0 aromatic carbocycles. The summed E-state index contributed by atoms with van der Waals surface area (Å²) in [4.78, 5) is 2.55. The van der Waals surface area contributed by atoms with Crippen LogP contribution in [0.4, 0.5) is 0 Å². The molecule has 3 rings (SSSR count). The molecule has 17 heavy (non-hydrogen) atoms. The van der Waals surface area contributed by atoms with Gasteiger partial charge in [-0.1, -0.05) is 0 Å². The summed E-state index contributed by atoms with van der Waals surface area (Å²) >= 11 is 0. The maximum Gasteiger partial charge on any atom is 0.144 e. The number of fused-ring (bicyclic) bond motifs is 3. The van der Waals surface area contributed by atoms with Gasteiger partial charge in [0.05, 0.1) is 4.75 Å². The van der Waals surface area contributed by atoms with Gasteiger partial charge in [0.1, 0.15) is 11.0 Å². The molecular formula is C13H24N2OS. The molecule has 4 heteroatoms. The van der Waals surface area contributed by atoms with Gasteiger partial charge >= 0.3 is 0 Å². The second kappa shape index (κ2) is 5.19. The molecule has 0 amide bonds. The summed E-state index contributed by atoms with van der Waals surface area (Å²) in [7, 11) is -1.09. The van der Waals surface area contributed by atoms with Crippen molar-refractivity contribution in [2.24, 2.45) is 16.2 Å². The summed E-state index contributed by atoms with van der Waals surface area (Å²) in [5.41, 5.74) is 0. The predicted octanol–water partition coefficient (Wildman–Crippen LogP) is 2.25. The highest BCUT2D eigenvalue weighted by Gasteiger charge is 2.33. The Kier molecular flexibility index (Phi) is 4.03. The summed E-state index contributed by atoms with van der Waals surface area (Å²) in [5, 5.41) is 0. The quantitative estimate of drug-likeness (QED) is 0.726. The topological polar surface area (TPSA) is 32.7 Å². The molecule has 0 radical (unpaired) electrons. The first kappa shape index (κ1) is 13.2. The van der Waals surface area contributed by atoms with Gasteiger partial charge in [0.15, 0.2) is 0 Å². The van der Waals surface area contributed by atoms with Crippen LogP contribution in [0.15, 0.2) is 4.40 Å². The average Bonchev–Trinajstić information content (AvgIpc) is 2.29. The Morgan fingerprint density at radius 2 is 2.00 bits per heavy atom. The van der Waals surface area contributed by atoms with Gasteiger partial charge in [0.2, 0.25) is 0 Å². The SMILES string of the molecule is CC(C)(C)S(=O)N=CC[C@@H]1CN2CCC1CC2. The molecule has 1 unspecified atom stereocenters. The van der Waals surface area contributed by atoms with E-state index in [1.807, 2.05) is 27.0 Å². The van der Waals surface area contributed by atoms with Crippen LogP contribution >= 0.6 is 0 Å². The van der Waals surface area contributed by atoms with Crippen molar-refractivity contribution in [3.63, 3.8) is 0 Å². The first-order valence-corrected chi connectivity index (χ1v) is 7.74. The molecule has 0 N–H and O–H groups in total. The van der Waals surface area contributed by atoms with Crippen molar-refractivity contribution in [3.8, 4) is 0 Å². The van der Waals surface area contributed by atoms with E-state index in [4.69, 9.17) is 0 Å². The van der Waals surface area contributed by atoms with E-state index < -0.39 is 11.0 Å². The van der Waals surface area contributed by atoms with Crippen LogP contribution in [-0.2, 0) is 11.0 Å². The normalized spacial score (nSPS) is 35.4. The Morgan fingerprint density at radius 1 is 1.35 bits per heavy atom. The van der Waals surface area contributed by atoms with E-state index in [1.54, 1.807) is 0 Å². The van der Waals surface area contributed by atoms with Gasteiger partial charge in [-0.2, -0.15) is 4.40 Å². The predicted molar refractivity (Wildman–Crippen MR) is 73.7 cm³/mol. The summed E-state index contributed by atoms with van der Waals surface area (Å²) in [6.45, 7) is 9.69. The van der Waals surface area contributed by atoms with E-state index in [0.29, 0.717) is 0 Å². The van der Waals surface area contributed by atoms with Gasteiger partial charge in [-0.3, -0.25) is 0 Å². The van der Waals surface area contributed by atoms with Crippen LogP contribution in [0, 0.1) is 11.8 Å². The summed E-state index contributed by atoms with van der Waals surface area (Å²) in [6, 6.07) is 0. The van der Waals surface area contributed by atoms with Gasteiger partial charge in [-0.15, -0.1) is 0 Å². The highest BCUT2D eigenvalue weighted by molar-refractivity contribution is 7.85. The fourth-order valence-electron chi connectivity index (χ4n) is 2.76. The molecule has 2 bridgehead atoms. The lowest BCUT2D eigenvalue weighted by molar-refractivity contribution is 0.0552. The Bertz CT molecular complexity index is 314. The molecule has 3 saturated heterocycles. The number of piperidine rings is 3. The summed E-state index contributed by atoms with van der Waals surface area (Å²) in [6.07, 6.45) is 5.61. The van der Waals surface area contributed by atoms with E-state index in [0.717, 1.165) is 18.3 Å². The second-order valence-electron chi connectivity index (χ2n) is 6.28. The highest BCUT2D eigenvalue weighted by Crippen LogP contribution is 2.33. The lowest BCUT2D eigenvalue weighted by Crippen LogP contribution is -2.47. The summed E-state index contributed by atoms with van der Waals surface area (Å²) in [5.74, 6) is 1.63. The smallest absolute Gasteiger partial charge is 0.144 e. The molecule has 3 heterocycles. The minimum atomic E-state index is -1.09. The van der Waals surface area contributed by atoms with Crippen molar-refractivity contribution in [2.45, 2.75) is 44.8 Å². The van der Waals surface area contributed by atoms with Crippen LogP contribution in [0.5, 0.6) is 0 Å². The van der Waals surface area contributed by atoms with Crippen molar-refractivity contribution >= 4 is 17.2 Å². The Morgan fingerprint density at radius 3 is 2.47 bits per heavy atom. The molecule has 0 aromatic heterocycles. The fourth-order valence-corrected chi connectivity index (χ4v) is 3.30. The summed E-state index contributed by atoms with van der Waals surface area (Å²) < 4.78 is 15.7. The highest BCUT2D eigenvalue weighted by atomic mass is 32.2. The number of rotatable bonds is 3. The Labute approximate surface area is 107 Å². The van der Waals surface area contributed by atoms with Gasteiger partial charge < -0.3 is 4.90 Å². The molecule has 3 aliphatic rings. The third-order valence-electron chi connectivity index (χ3n) is 3.89. The van der Waals surface area contributed by atoms with Crippen LogP contribution in [0.1, 0.15) is 40.0 Å². The van der Waals surface area contributed by atoms with Crippen molar-refractivity contribution in [2.75, 3.05) is 19.6 Å². The molecular weight excluding hydrogens is 232 g/mol. The van der Waals surface area contributed by atoms with E-state index in [9.17, 15) is 4.21 Å². The third-order valence-corrected chi connectivity index (χ3v) is 5.28. The molecule has 2 atom stereocenters. The molecule has 0 aromatic rings. The Balaban J connectivity index is 1.83. The molecule has 3 fully saturated rings. The van der Waals surface area contributed by atoms with E-state index in [-0.39, 0.29) is 4.75 Å². The number of nitrogens with zero attached hydrogens (tertiary/aromatic N) is 2. The fraction of sp³-hybridized carbons (Fsp3) is 0.923. The first-order valence-electron chi connectivity index (χ1n) is 6.63. The van der Waals surface area contributed by atoms with Crippen molar-refractivity contribution in [1.82, 2.24) is 4.90 Å². The monoisotopic (exact) mass is 256 g/mol. The average molecular weight is 256 g/mol. The van der Waals surface area contributed by atoms with Gasteiger partial charge in [-0.05, 0) is 65.0 Å². The number of hydrogen-bond acceptors (Lipinski definition) is 2. The minimum Gasteiger partial charge on any atom is -0.303 e. The van der Waals surface area contributed by atoms with Gasteiger partial charge in [-0.25, -0.2) is 4.21 Å². The molecule has 0 spiro atoms. The van der Waals surface area contributed by atoms with Crippen LogP contribution in [-0.4, -0.2) is 39.7 Å². The van der Waals surface area contributed by atoms with Gasteiger partial charge in [0.25, 0.3) is 0 Å². The Hall–Kier alpha value is -0.220.